The molecule has 0 aliphatic heterocycles. The molecule has 3 rings (SSSR count). The third kappa shape index (κ3) is 2.61. The minimum absolute atomic E-state index is 0.398. The highest BCUT2D eigenvalue weighted by Crippen LogP contribution is 2.40. The predicted octanol–water partition coefficient (Wildman–Crippen LogP) is 3.49. The van der Waals surface area contributed by atoms with Crippen molar-refractivity contribution < 1.29 is 18.6 Å². The van der Waals surface area contributed by atoms with Crippen LogP contribution in [0, 0.1) is 0 Å². The lowest BCUT2D eigenvalue weighted by Crippen LogP contribution is -2.01. The van der Waals surface area contributed by atoms with Crippen molar-refractivity contribution >= 4 is 11.0 Å². The Kier molecular flexibility index (Phi) is 3.93. The number of rotatable bonds is 4. The molecule has 0 aliphatic carbocycles. The molecule has 0 radical (unpaired) electrons. The van der Waals surface area contributed by atoms with Crippen LogP contribution >= 0.6 is 0 Å². The fraction of sp³-hybridized carbons (Fsp3) is 0.167. The maximum atomic E-state index is 12.0. The van der Waals surface area contributed by atoms with Gasteiger partial charge in [0.25, 0.3) is 0 Å². The number of fused-ring (bicyclic) bond motifs is 1. The Labute approximate surface area is 133 Å². The van der Waals surface area contributed by atoms with E-state index in [-0.39, 0.29) is 0 Å². The molecule has 118 valence electrons. The van der Waals surface area contributed by atoms with Crippen molar-refractivity contribution in [1.82, 2.24) is 0 Å². The van der Waals surface area contributed by atoms with Crippen molar-refractivity contribution in [1.29, 1.82) is 0 Å². The van der Waals surface area contributed by atoms with Gasteiger partial charge in [-0.25, -0.2) is 4.79 Å². The molecule has 0 atom stereocenters. The van der Waals surface area contributed by atoms with Crippen LogP contribution in [0.1, 0.15) is 0 Å². The van der Waals surface area contributed by atoms with E-state index >= 15 is 0 Å². The van der Waals surface area contributed by atoms with Crippen LogP contribution in [0.4, 0.5) is 0 Å². The van der Waals surface area contributed by atoms with Crippen LogP contribution in [-0.2, 0) is 0 Å². The van der Waals surface area contributed by atoms with E-state index in [1.165, 1.54) is 6.07 Å². The number of hydrogen-bond acceptors (Lipinski definition) is 5. The highest BCUT2D eigenvalue weighted by atomic mass is 16.5. The SMILES string of the molecule is COc1cc(OC)c2c(-c3ccccc3OC)cc(=O)oc2c1. The zero-order chi connectivity index (χ0) is 16.4. The largest absolute Gasteiger partial charge is 0.496 e. The summed E-state index contributed by atoms with van der Waals surface area (Å²) < 4.78 is 21.4. The Morgan fingerprint density at radius 2 is 1.57 bits per heavy atom. The third-order valence-electron chi connectivity index (χ3n) is 3.63. The molecule has 0 saturated heterocycles. The first-order valence-corrected chi connectivity index (χ1v) is 7.01. The fourth-order valence-corrected chi connectivity index (χ4v) is 2.60. The molecule has 5 heteroatoms. The molecule has 0 saturated carbocycles. The van der Waals surface area contributed by atoms with Crippen LogP contribution in [0.15, 0.2) is 51.7 Å². The molecular formula is C18H16O5. The average molecular weight is 312 g/mol. The van der Waals surface area contributed by atoms with Gasteiger partial charge < -0.3 is 18.6 Å². The second-order valence-electron chi connectivity index (χ2n) is 4.88. The van der Waals surface area contributed by atoms with Crippen molar-refractivity contribution in [3.05, 3.63) is 52.9 Å². The maximum absolute atomic E-state index is 12.0. The molecule has 0 spiro atoms. The Hall–Kier alpha value is -2.95. The summed E-state index contributed by atoms with van der Waals surface area (Å²) in [4.78, 5) is 12.0. The topological polar surface area (TPSA) is 57.9 Å². The predicted molar refractivity (Wildman–Crippen MR) is 87.6 cm³/mol. The summed E-state index contributed by atoms with van der Waals surface area (Å²) in [5.41, 5.74) is 1.42. The minimum Gasteiger partial charge on any atom is -0.496 e. The van der Waals surface area contributed by atoms with Crippen LogP contribution in [0.5, 0.6) is 17.2 Å². The standard InChI is InChI=1S/C18H16O5/c1-20-11-8-15(22-3)18-13(10-17(19)23-16(18)9-11)12-6-4-5-7-14(12)21-2/h4-10H,1-3H3. The molecule has 5 nitrogen and oxygen atoms in total. The van der Waals surface area contributed by atoms with Gasteiger partial charge in [0, 0.05) is 29.3 Å². The van der Waals surface area contributed by atoms with Gasteiger partial charge in [-0.1, -0.05) is 18.2 Å². The molecule has 3 aromatic rings. The molecule has 1 heterocycles. The second-order valence-corrected chi connectivity index (χ2v) is 4.88. The first-order chi connectivity index (χ1) is 11.2. The summed E-state index contributed by atoms with van der Waals surface area (Å²) in [6.45, 7) is 0. The zero-order valence-corrected chi connectivity index (χ0v) is 13.1. The Morgan fingerprint density at radius 1 is 0.826 bits per heavy atom. The summed E-state index contributed by atoms with van der Waals surface area (Å²) >= 11 is 0. The Bertz CT molecular complexity index is 911. The van der Waals surface area contributed by atoms with Gasteiger partial charge in [-0.05, 0) is 6.07 Å². The maximum Gasteiger partial charge on any atom is 0.336 e. The van der Waals surface area contributed by atoms with Crippen molar-refractivity contribution in [3.8, 4) is 28.4 Å². The molecule has 2 aromatic carbocycles. The van der Waals surface area contributed by atoms with E-state index in [2.05, 4.69) is 0 Å². The summed E-state index contributed by atoms with van der Waals surface area (Å²) in [6.07, 6.45) is 0. The minimum atomic E-state index is -0.450. The van der Waals surface area contributed by atoms with Gasteiger partial charge in [-0.2, -0.15) is 0 Å². The molecule has 0 amide bonds. The molecule has 1 aromatic heterocycles. The molecule has 23 heavy (non-hydrogen) atoms. The van der Waals surface area contributed by atoms with Gasteiger partial charge in [-0.15, -0.1) is 0 Å². The van der Waals surface area contributed by atoms with Crippen LogP contribution < -0.4 is 19.8 Å². The van der Waals surface area contributed by atoms with Crippen LogP contribution in [-0.4, -0.2) is 21.3 Å². The fourth-order valence-electron chi connectivity index (χ4n) is 2.60. The van der Waals surface area contributed by atoms with Crippen molar-refractivity contribution in [2.24, 2.45) is 0 Å². The molecule has 0 fully saturated rings. The Balaban J connectivity index is 2.43. The van der Waals surface area contributed by atoms with E-state index in [4.69, 9.17) is 18.6 Å². The van der Waals surface area contributed by atoms with E-state index in [0.717, 1.165) is 5.56 Å². The van der Waals surface area contributed by atoms with Crippen LogP contribution in [0.3, 0.4) is 0 Å². The summed E-state index contributed by atoms with van der Waals surface area (Å²) in [6, 6.07) is 12.3. The molecule has 0 N–H and O–H groups in total. The van der Waals surface area contributed by atoms with E-state index < -0.39 is 5.63 Å². The molecule has 0 bridgehead atoms. The van der Waals surface area contributed by atoms with E-state index in [1.54, 1.807) is 33.5 Å². The van der Waals surface area contributed by atoms with E-state index in [0.29, 0.717) is 33.8 Å². The van der Waals surface area contributed by atoms with Gasteiger partial charge in [-0.3, -0.25) is 0 Å². The lowest BCUT2D eigenvalue weighted by Gasteiger charge is -2.13. The molecular weight excluding hydrogens is 296 g/mol. The quantitative estimate of drug-likeness (QED) is 0.690. The van der Waals surface area contributed by atoms with E-state index in [9.17, 15) is 4.79 Å². The van der Waals surface area contributed by atoms with Crippen molar-refractivity contribution in [3.63, 3.8) is 0 Å². The van der Waals surface area contributed by atoms with Crippen molar-refractivity contribution in [2.45, 2.75) is 0 Å². The molecule has 0 aliphatic rings. The lowest BCUT2D eigenvalue weighted by molar-refractivity contribution is 0.396. The first kappa shape index (κ1) is 15.0. The highest BCUT2D eigenvalue weighted by Gasteiger charge is 2.17. The van der Waals surface area contributed by atoms with Crippen LogP contribution in [0.2, 0.25) is 0 Å². The highest BCUT2D eigenvalue weighted by molar-refractivity contribution is 5.99. The third-order valence-corrected chi connectivity index (χ3v) is 3.63. The second kappa shape index (κ2) is 6.04. The van der Waals surface area contributed by atoms with E-state index in [1.807, 2.05) is 24.3 Å². The smallest absolute Gasteiger partial charge is 0.336 e. The van der Waals surface area contributed by atoms with Gasteiger partial charge in [0.05, 0.1) is 26.7 Å². The average Bonchev–Trinajstić information content (AvgIpc) is 2.59. The van der Waals surface area contributed by atoms with Crippen LogP contribution in [0.25, 0.3) is 22.1 Å². The van der Waals surface area contributed by atoms with Gasteiger partial charge in [0.1, 0.15) is 22.8 Å². The number of para-hydroxylation sites is 1. The summed E-state index contributed by atoms with van der Waals surface area (Å²) in [7, 11) is 4.70. The number of methoxy groups -OCH3 is 3. The molecule has 0 unspecified atom stereocenters. The number of ether oxygens (including phenoxy) is 3. The summed E-state index contributed by atoms with van der Waals surface area (Å²) in [5.74, 6) is 1.77. The lowest BCUT2D eigenvalue weighted by atomic mass is 10.00. The Morgan fingerprint density at radius 3 is 2.26 bits per heavy atom. The zero-order valence-electron chi connectivity index (χ0n) is 13.1. The van der Waals surface area contributed by atoms with Gasteiger partial charge in [0.2, 0.25) is 0 Å². The van der Waals surface area contributed by atoms with Gasteiger partial charge in [0.15, 0.2) is 0 Å². The van der Waals surface area contributed by atoms with Crippen molar-refractivity contribution in [2.75, 3.05) is 21.3 Å². The summed E-state index contributed by atoms with van der Waals surface area (Å²) in [5, 5.41) is 0.692. The number of benzene rings is 2. The first-order valence-electron chi connectivity index (χ1n) is 7.01. The normalized spacial score (nSPS) is 10.6. The number of hydrogen-bond donors (Lipinski definition) is 0. The van der Waals surface area contributed by atoms with Gasteiger partial charge >= 0.3 is 5.63 Å². The monoisotopic (exact) mass is 312 g/mol.